The summed E-state index contributed by atoms with van der Waals surface area (Å²) in [6.07, 6.45) is 9.65. The molecule has 3 atom stereocenters. The number of aliphatic hydroxyl groups excluding tert-OH is 1. The van der Waals surface area contributed by atoms with E-state index in [1.807, 2.05) is 82.0 Å². The SMILES string of the molecule is Cc1ncsc1-c1ccc(CNC(=O)C2C[C@@H](O)CN2C(=O)C(NC(=O)CCCn2cc(-c3ccc(-c4cncc(Cl)c4N4CCC5(CCNC5=O)CC4)cc3)cn2)C(C)(C)C)cc1. The number of nitrogens with zero attached hydrogens (tertiary/aromatic N) is 6. The minimum Gasteiger partial charge on any atom is -0.391 e. The number of likely N-dealkylation sites (tertiary alicyclic amines) is 1. The van der Waals surface area contributed by atoms with Gasteiger partial charge in [0, 0.05) is 81.8 Å². The number of amides is 4. The van der Waals surface area contributed by atoms with E-state index in [9.17, 15) is 24.3 Å². The first-order valence-corrected chi connectivity index (χ1v) is 23.3. The van der Waals surface area contributed by atoms with Crippen molar-refractivity contribution in [3.05, 3.63) is 95.1 Å². The summed E-state index contributed by atoms with van der Waals surface area (Å²) in [4.78, 5) is 67.1. The van der Waals surface area contributed by atoms with Gasteiger partial charge >= 0.3 is 0 Å². The second-order valence-corrected chi connectivity index (χ2v) is 19.7. The largest absolute Gasteiger partial charge is 0.391 e. The number of β-amino-alcohol motifs (C(OH)–C–C–N with tert-alkyl or cyclic N) is 1. The van der Waals surface area contributed by atoms with Gasteiger partial charge in [0.15, 0.2) is 0 Å². The molecule has 4 amide bonds. The molecular formula is C48H56ClN9O5S. The van der Waals surface area contributed by atoms with Crippen LogP contribution in [-0.4, -0.2) is 97.8 Å². The third-order valence-electron chi connectivity index (χ3n) is 12.9. The fourth-order valence-electron chi connectivity index (χ4n) is 9.20. The Kier molecular flexibility index (Phi) is 13.2. The lowest BCUT2D eigenvalue weighted by Crippen LogP contribution is -2.57. The highest BCUT2D eigenvalue weighted by molar-refractivity contribution is 7.13. The highest BCUT2D eigenvalue weighted by Gasteiger charge is 2.46. The third kappa shape index (κ3) is 9.71. The van der Waals surface area contributed by atoms with Crippen molar-refractivity contribution >= 4 is 52.3 Å². The number of anilines is 1. The van der Waals surface area contributed by atoms with Crippen molar-refractivity contribution in [3.63, 3.8) is 0 Å². The van der Waals surface area contributed by atoms with Crippen LogP contribution in [0, 0.1) is 17.8 Å². The molecule has 3 saturated heterocycles. The highest BCUT2D eigenvalue weighted by Crippen LogP contribution is 2.43. The van der Waals surface area contributed by atoms with Gasteiger partial charge in [-0.05, 0) is 60.3 Å². The molecule has 0 aliphatic carbocycles. The lowest BCUT2D eigenvalue weighted by atomic mass is 9.77. The van der Waals surface area contributed by atoms with Crippen LogP contribution >= 0.6 is 22.9 Å². The first-order chi connectivity index (χ1) is 30.7. The number of piperidine rings is 1. The number of nitrogens with one attached hydrogen (secondary N) is 3. The van der Waals surface area contributed by atoms with E-state index >= 15 is 0 Å². The number of benzene rings is 2. The van der Waals surface area contributed by atoms with E-state index in [1.54, 1.807) is 28.4 Å². The average Bonchev–Trinajstić information content (AvgIpc) is 4.10. The molecule has 4 N–H and O–H groups in total. The molecule has 1 spiro atoms. The molecule has 3 aromatic heterocycles. The van der Waals surface area contributed by atoms with Crippen molar-refractivity contribution < 1.29 is 24.3 Å². The van der Waals surface area contributed by atoms with E-state index in [0.29, 0.717) is 18.0 Å². The van der Waals surface area contributed by atoms with E-state index in [0.717, 1.165) is 88.5 Å². The Hall–Kier alpha value is -5.64. The molecule has 0 bridgehead atoms. The molecule has 64 heavy (non-hydrogen) atoms. The molecule has 16 heteroatoms. The molecule has 2 unspecified atom stereocenters. The predicted octanol–water partition coefficient (Wildman–Crippen LogP) is 6.39. The second kappa shape index (κ2) is 18.8. The van der Waals surface area contributed by atoms with Crippen molar-refractivity contribution in [2.45, 2.75) is 97.5 Å². The van der Waals surface area contributed by atoms with Crippen LogP contribution in [0.2, 0.25) is 5.02 Å². The number of aryl methyl sites for hydroxylation is 2. The maximum atomic E-state index is 14.1. The number of rotatable bonds is 13. The van der Waals surface area contributed by atoms with Crippen molar-refractivity contribution in [1.29, 1.82) is 0 Å². The van der Waals surface area contributed by atoms with E-state index in [4.69, 9.17) is 11.6 Å². The summed E-state index contributed by atoms with van der Waals surface area (Å²) in [6, 6.07) is 14.3. The maximum absolute atomic E-state index is 14.1. The Morgan fingerprint density at radius 2 is 1.70 bits per heavy atom. The fraction of sp³-hybridized carbons (Fsp3) is 0.438. The number of hydrogen-bond acceptors (Lipinski definition) is 10. The Morgan fingerprint density at radius 3 is 2.38 bits per heavy atom. The minimum atomic E-state index is -0.909. The summed E-state index contributed by atoms with van der Waals surface area (Å²) in [6.45, 7) is 10.6. The predicted molar refractivity (Wildman–Crippen MR) is 248 cm³/mol. The zero-order chi connectivity index (χ0) is 45.2. The van der Waals surface area contributed by atoms with Gasteiger partial charge in [0.2, 0.25) is 23.6 Å². The molecule has 2 aromatic carbocycles. The van der Waals surface area contributed by atoms with Gasteiger partial charge in [-0.3, -0.25) is 28.8 Å². The molecule has 14 nitrogen and oxygen atoms in total. The summed E-state index contributed by atoms with van der Waals surface area (Å²) < 4.78 is 1.81. The van der Waals surface area contributed by atoms with Crippen LogP contribution in [0.25, 0.3) is 32.7 Å². The van der Waals surface area contributed by atoms with Gasteiger partial charge in [-0.25, -0.2) is 4.98 Å². The molecule has 3 aliphatic heterocycles. The fourth-order valence-corrected chi connectivity index (χ4v) is 10.3. The molecule has 0 radical (unpaired) electrons. The number of thiazole rings is 1. The summed E-state index contributed by atoms with van der Waals surface area (Å²) in [5.74, 6) is -0.855. The number of hydrogen-bond donors (Lipinski definition) is 4. The van der Waals surface area contributed by atoms with Crippen LogP contribution in [0.4, 0.5) is 5.69 Å². The van der Waals surface area contributed by atoms with E-state index in [2.05, 4.69) is 48.0 Å². The van der Waals surface area contributed by atoms with Crippen LogP contribution in [0.3, 0.4) is 0 Å². The zero-order valence-corrected chi connectivity index (χ0v) is 38.3. The number of carbonyl (C=O) groups excluding carboxylic acids is 4. The van der Waals surface area contributed by atoms with Crippen molar-refractivity contribution in [3.8, 4) is 32.7 Å². The topological polar surface area (TPSA) is 175 Å². The molecule has 6 heterocycles. The number of halogens is 1. The van der Waals surface area contributed by atoms with Gasteiger partial charge in [0.05, 0.1) is 44.5 Å². The monoisotopic (exact) mass is 905 g/mol. The normalized spacial score (nSPS) is 18.9. The van der Waals surface area contributed by atoms with Gasteiger partial charge in [0.1, 0.15) is 12.1 Å². The summed E-state index contributed by atoms with van der Waals surface area (Å²) in [5, 5.41) is 24.7. The van der Waals surface area contributed by atoms with Crippen molar-refractivity contribution in [2.24, 2.45) is 10.8 Å². The maximum Gasteiger partial charge on any atom is 0.246 e. The van der Waals surface area contributed by atoms with Gasteiger partial charge in [-0.1, -0.05) is 80.9 Å². The number of aromatic nitrogens is 4. The van der Waals surface area contributed by atoms with Crippen molar-refractivity contribution in [1.82, 2.24) is 40.6 Å². The number of carbonyl (C=O) groups is 4. The average molecular weight is 907 g/mol. The first-order valence-electron chi connectivity index (χ1n) is 22.0. The zero-order valence-electron chi connectivity index (χ0n) is 36.8. The first kappa shape index (κ1) is 44.9. The molecule has 3 aliphatic rings. The summed E-state index contributed by atoms with van der Waals surface area (Å²) in [7, 11) is 0. The van der Waals surface area contributed by atoms with Crippen LogP contribution in [0.5, 0.6) is 0 Å². The molecular weight excluding hydrogens is 850 g/mol. The van der Waals surface area contributed by atoms with Gasteiger partial charge in [0.25, 0.3) is 0 Å². The highest BCUT2D eigenvalue weighted by atomic mass is 35.5. The Morgan fingerprint density at radius 1 is 0.984 bits per heavy atom. The molecule has 5 aromatic rings. The van der Waals surface area contributed by atoms with Crippen LogP contribution in [-0.2, 0) is 32.3 Å². The molecule has 3 fully saturated rings. The lowest BCUT2D eigenvalue weighted by molar-refractivity contribution is -0.144. The van der Waals surface area contributed by atoms with Crippen LogP contribution in [0.1, 0.15) is 70.6 Å². The van der Waals surface area contributed by atoms with E-state index in [-0.39, 0.29) is 49.1 Å². The van der Waals surface area contributed by atoms with Gasteiger partial charge in [-0.15, -0.1) is 11.3 Å². The Balaban J connectivity index is 0.838. The quantitative estimate of drug-likeness (QED) is 0.104. The Bertz CT molecular complexity index is 2490. The van der Waals surface area contributed by atoms with Gasteiger partial charge in [-0.2, -0.15) is 5.10 Å². The molecule has 336 valence electrons. The van der Waals surface area contributed by atoms with Crippen LogP contribution in [0.15, 0.2) is 78.8 Å². The van der Waals surface area contributed by atoms with Gasteiger partial charge < -0.3 is 30.9 Å². The van der Waals surface area contributed by atoms with E-state index < -0.39 is 29.5 Å². The molecule has 0 saturated carbocycles. The third-order valence-corrected chi connectivity index (χ3v) is 14.2. The number of aliphatic hydroxyl groups is 1. The second-order valence-electron chi connectivity index (χ2n) is 18.4. The lowest BCUT2D eigenvalue weighted by Gasteiger charge is -2.39. The Labute approximate surface area is 382 Å². The standard InChI is InChI=1S/C48H56ClN9O5S/c1-30-42(64-29-53-30)34-9-7-31(8-10-34)23-52-44(61)39-22-36(59)28-58(39)45(62)43(47(2,3)4)55-40(60)6-5-19-57-27-35(24-54-57)32-11-13-33(14-12-32)37-25-50-26-38(49)41(37)56-20-16-48(17-21-56)15-18-51-46(48)63/h7-14,24-27,29,36,39,43,59H,5-6,15-23,28H2,1-4H3,(H,51,63)(H,52,61)(H,55,60)/t36-,39?,43?/m1/s1. The molecule has 8 rings (SSSR count). The summed E-state index contributed by atoms with van der Waals surface area (Å²) in [5.41, 5.74) is 8.59. The van der Waals surface area contributed by atoms with E-state index in [1.165, 1.54) is 4.90 Å². The summed E-state index contributed by atoms with van der Waals surface area (Å²) >= 11 is 8.35. The minimum absolute atomic E-state index is 0.00685. The smallest absolute Gasteiger partial charge is 0.246 e. The van der Waals surface area contributed by atoms with Crippen molar-refractivity contribution in [2.75, 3.05) is 31.1 Å². The number of pyridine rings is 1. The van der Waals surface area contributed by atoms with Crippen LogP contribution < -0.4 is 20.9 Å².